The fourth-order valence-electron chi connectivity index (χ4n) is 1.40. The third-order valence-electron chi connectivity index (χ3n) is 3.28. The van der Waals surface area contributed by atoms with Crippen LogP contribution in [0.25, 0.3) is 0 Å². The van der Waals surface area contributed by atoms with Crippen LogP contribution in [0.3, 0.4) is 0 Å². The molecule has 0 atom stereocenters. The highest BCUT2D eigenvalue weighted by atomic mass is 16.6. The Balaban J connectivity index is 2.94. The van der Waals surface area contributed by atoms with Crippen molar-refractivity contribution in [3.63, 3.8) is 0 Å². The average molecular weight is 250 g/mol. The van der Waals surface area contributed by atoms with Crippen molar-refractivity contribution in [2.75, 3.05) is 7.11 Å². The second-order valence-corrected chi connectivity index (χ2v) is 4.97. The van der Waals surface area contributed by atoms with Gasteiger partial charge in [0.1, 0.15) is 0 Å². The summed E-state index contributed by atoms with van der Waals surface area (Å²) in [6.07, 6.45) is 1.66. The Bertz CT molecular complexity index is 422. The normalized spacial score (nSPS) is 11.2. The molecule has 0 aliphatic rings. The number of hydrogen-bond donors (Lipinski definition) is 0. The third kappa shape index (κ3) is 3.25. The van der Waals surface area contributed by atoms with Crippen LogP contribution >= 0.6 is 0 Å². The maximum atomic E-state index is 12.0. The summed E-state index contributed by atoms with van der Waals surface area (Å²) < 4.78 is 10.7. The summed E-state index contributed by atoms with van der Waals surface area (Å²) in [5, 5.41) is 0. The first-order valence-electron chi connectivity index (χ1n) is 6.33. The summed E-state index contributed by atoms with van der Waals surface area (Å²) in [5.74, 6) is 0.864. The van der Waals surface area contributed by atoms with Gasteiger partial charge in [-0.2, -0.15) is 0 Å². The Morgan fingerprint density at radius 2 is 1.89 bits per heavy atom. The van der Waals surface area contributed by atoms with Crippen LogP contribution in [0.4, 0.5) is 0 Å². The van der Waals surface area contributed by atoms with Gasteiger partial charge in [0.05, 0.1) is 12.5 Å². The number of esters is 1. The van der Waals surface area contributed by atoms with Crippen molar-refractivity contribution >= 4 is 5.97 Å². The Hall–Kier alpha value is -1.51. The van der Waals surface area contributed by atoms with Crippen molar-refractivity contribution < 1.29 is 14.3 Å². The molecule has 0 aliphatic heterocycles. The molecule has 0 saturated carbocycles. The zero-order chi connectivity index (χ0) is 13.8. The van der Waals surface area contributed by atoms with E-state index in [4.69, 9.17) is 9.47 Å². The molecule has 0 amide bonds. The SMILES string of the molecule is CCc1ccc(OC(=O)C(C)(C)CC)c(OC)c1. The molecule has 0 heterocycles. The molecule has 18 heavy (non-hydrogen) atoms. The lowest BCUT2D eigenvalue weighted by Crippen LogP contribution is -2.28. The first-order valence-corrected chi connectivity index (χ1v) is 6.33. The van der Waals surface area contributed by atoms with E-state index in [2.05, 4.69) is 6.92 Å². The summed E-state index contributed by atoms with van der Waals surface area (Å²) >= 11 is 0. The predicted octanol–water partition coefficient (Wildman–Crippen LogP) is 3.60. The highest BCUT2D eigenvalue weighted by Crippen LogP contribution is 2.31. The van der Waals surface area contributed by atoms with Crippen LogP contribution in [0.15, 0.2) is 18.2 Å². The van der Waals surface area contributed by atoms with E-state index in [0.29, 0.717) is 11.5 Å². The summed E-state index contributed by atoms with van der Waals surface area (Å²) in [4.78, 5) is 12.0. The number of methoxy groups -OCH3 is 1. The van der Waals surface area contributed by atoms with Crippen molar-refractivity contribution in [2.45, 2.75) is 40.5 Å². The number of benzene rings is 1. The minimum Gasteiger partial charge on any atom is -0.493 e. The third-order valence-corrected chi connectivity index (χ3v) is 3.28. The standard InChI is InChI=1S/C15H22O3/c1-6-11-8-9-12(13(10-11)17-5)18-14(16)15(3,4)7-2/h8-10H,6-7H2,1-5H3. The number of carbonyl (C=O) groups excluding carboxylic acids is 1. The molecule has 100 valence electrons. The molecule has 0 N–H and O–H groups in total. The lowest BCUT2D eigenvalue weighted by molar-refractivity contribution is -0.144. The Morgan fingerprint density at radius 3 is 2.39 bits per heavy atom. The van der Waals surface area contributed by atoms with Gasteiger partial charge in [-0.25, -0.2) is 0 Å². The number of carbonyl (C=O) groups is 1. The van der Waals surface area contributed by atoms with Crippen LogP contribution in [0.2, 0.25) is 0 Å². The largest absolute Gasteiger partial charge is 0.493 e. The van der Waals surface area contributed by atoms with Crippen molar-refractivity contribution in [1.29, 1.82) is 0 Å². The number of ether oxygens (including phenoxy) is 2. The first-order chi connectivity index (χ1) is 8.44. The quantitative estimate of drug-likeness (QED) is 0.591. The molecule has 0 spiro atoms. The van der Waals surface area contributed by atoms with E-state index >= 15 is 0 Å². The molecule has 0 aliphatic carbocycles. The van der Waals surface area contributed by atoms with Gasteiger partial charge in [0.25, 0.3) is 0 Å². The Morgan fingerprint density at radius 1 is 1.22 bits per heavy atom. The molecule has 0 fully saturated rings. The second kappa shape index (κ2) is 5.89. The van der Waals surface area contributed by atoms with Gasteiger partial charge in [0.2, 0.25) is 0 Å². The highest BCUT2D eigenvalue weighted by Gasteiger charge is 2.28. The molecule has 3 nitrogen and oxygen atoms in total. The summed E-state index contributed by atoms with van der Waals surface area (Å²) in [5.41, 5.74) is 0.676. The summed E-state index contributed by atoms with van der Waals surface area (Å²) in [7, 11) is 1.58. The minimum absolute atomic E-state index is 0.229. The topological polar surface area (TPSA) is 35.5 Å². The molecule has 1 aromatic carbocycles. The zero-order valence-electron chi connectivity index (χ0n) is 11.9. The fourth-order valence-corrected chi connectivity index (χ4v) is 1.40. The molecule has 0 unspecified atom stereocenters. The van der Waals surface area contributed by atoms with E-state index in [0.717, 1.165) is 18.4 Å². The maximum Gasteiger partial charge on any atom is 0.317 e. The van der Waals surface area contributed by atoms with Crippen LogP contribution in [-0.4, -0.2) is 13.1 Å². The number of aryl methyl sites for hydroxylation is 1. The second-order valence-electron chi connectivity index (χ2n) is 4.97. The minimum atomic E-state index is -0.478. The van der Waals surface area contributed by atoms with Crippen molar-refractivity contribution in [3.05, 3.63) is 23.8 Å². The fraction of sp³-hybridized carbons (Fsp3) is 0.533. The van der Waals surface area contributed by atoms with Gasteiger partial charge in [-0.3, -0.25) is 4.79 Å². The Kier molecular flexibility index (Phi) is 4.76. The predicted molar refractivity (Wildman–Crippen MR) is 72.1 cm³/mol. The van der Waals surface area contributed by atoms with E-state index in [1.807, 2.05) is 32.9 Å². The van der Waals surface area contributed by atoms with Gasteiger partial charge in [-0.15, -0.1) is 0 Å². The van der Waals surface area contributed by atoms with E-state index < -0.39 is 5.41 Å². The van der Waals surface area contributed by atoms with Crippen LogP contribution in [-0.2, 0) is 11.2 Å². The van der Waals surface area contributed by atoms with Crippen molar-refractivity contribution in [3.8, 4) is 11.5 Å². The van der Waals surface area contributed by atoms with E-state index in [1.54, 1.807) is 13.2 Å². The molecule has 0 saturated heterocycles. The van der Waals surface area contributed by atoms with Gasteiger partial charge >= 0.3 is 5.97 Å². The molecule has 3 heteroatoms. The van der Waals surface area contributed by atoms with Gasteiger partial charge in [-0.05, 0) is 44.4 Å². The van der Waals surface area contributed by atoms with Crippen LogP contribution in [0.1, 0.15) is 39.7 Å². The number of hydrogen-bond acceptors (Lipinski definition) is 3. The van der Waals surface area contributed by atoms with Crippen LogP contribution in [0, 0.1) is 5.41 Å². The lowest BCUT2D eigenvalue weighted by atomic mass is 9.91. The number of rotatable bonds is 5. The molecule has 0 radical (unpaired) electrons. The average Bonchev–Trinajstić information content (AvgIpc) is 2.38. The van der Waals surface area contributed by atoms with Crippen LogP contribution in [0.5, 0.6) is 11.5 Å². The van der Waals surface area contributed by atoms with Crippen molar-refractivity contribution in [1.82, 2.24) is 0 Å². The summed E-state index contributed by atoms with van der Waals surface area (Å²) in [6.45, 7) is 7.80. The van der Waals surface area contributed by atoms with Gasteiger partial charge in [-0.1, -0.05) is 19.9 Å². The Labute approximate surface area is 109 Å². The molecular formula is C15H22O3. The van der Waals surface area contributed by atoms with E-state index in [-0.39, 0.29) is 5.97 Å². The van der Waals surface area contributed by atoms with Crippen LogP contribution < -0.4 is 9.47 Å². The first kappa shape index (κ1) is 14.6. The molecule has 0 bridgehead atoms. The molecular weight excluding hydrogens is 228 g/mol. The smallest absolute Gasteiger partial charge is 0.317 e. The summed E-state index contributed by atoms with van der Waals surface area (Å²) in [6, 6.07) is 5.65. The maximum absolute atomic E-state index is 12.0. The van der Waals surface area contributed by atoms with Crippen molar-refractivity contribution in [2.24, 2.45) is 5.41 Å². The monoisotopic (exact) mass is 250 g/mol. The molecule has 1 rings (SSSR count). The van der Waals surface area contributed by atoms with E-state index in [1.165, 1.54) is 0 Å². The lowest BCUT2D eigenvalue weighted by Gasteiger charge is -2.21. The molecule has 0 aromatic heterocycles. The molecule has 1 aromatic rings. The van der Waals surface area contributed by atoms with Gasteiger partial charge in [0.15, 0.2) is 11.5 Å². The highest BCUT2D eigenvalue weighted by molar-refractivity contribution is 5.78. The van der Waals surface area contributed by atoms with Gasteiger partial charge in [0, 0.05) is 0 Å². The van der Waals surface area contributed by atoms with E-state index in [9.17, 15) is 4.79 Å². The van der Waals surface area contributed by atoms with Gasteiger partial charge < -0.3 is 9.47 Å². The zero-order valence-corrected chi connectivity index (χ0v) is 11.9.